The number of thioether (sulfide) groups is 1. The van der Waals surface area contributed by atoms with Crippen LogP contribution in [0.1, 0.15) is 11.1 Å². The maximum atomic E-state index is 12.0. The summed E-state index contributed by atoms with van der Waals surface area (Å²) in [5, 5.41) is 3.40. The fourth-order valence-corrected chi connectivity index (χ4v) is 3.03. The van der Waals surface area contributed by atoms with E-state index in [0.717, 1.165) is 15.7 Å². The van der Waals surface area contributed by atoms with Gasteiger partial charge < -0.3 is 5.32 Å². The van der Waals surface area contributed by atoms with Crippen molar-refractivity contribution in [3.05, 3.63) is 69.0 Å². The van der Waals surface area contributed by atoms with Crippen molar-refractivity contribution in [2.45, 2.75) is 6.92 Å². The van der Waals surface area contributed by atoms with E-state index in [1.54, 1.807) is 0 Å². The number of carbonyl (C=O) groups is 1. The lowest BCUT2D eigenvalue weighted by Gasteiger charge is -1.96. The summed E-state index contributed by atoms with van der Waals surface area (Å²) in [6, 6.07) is 15.7. The van der Waals surface area contributed by atoms with Gasteiger partial charge in [0, 0.05) is 4.47 Å². The molecule has 2 aromatic carbocycles. The second-order valence-corrected chi connectivity index (χ2v) is 6.82. The highest BCUT2D eigenvalue weighted by Gasteiger charge is 2.23. The van der Waals surface area contributed by atoms with Gasteiger partial charge in [0.15, 0.2) is 5.17 Å². The van der Waals surface area contributed by atoms with Crippen LogP contribution in [0.3, 0.4) is 0 Å². The zero-order chi connectivity index (χ0) is 15.5. The quantitative estimate of drug-likeness (QED) is 0.779. The standard InChI is InChI=1S/C17H13BrN2OS/c1-11-2-4-12(5-3-11)10-15-16(21)20-17(22-15)19-14-8-6-13(18)7-9-14/h2-10H,1H3,(H,19,20,21)/b15-10-. The van der Waals surface area contributed by atoms with E-state index in [1.807, 2.05) is 61.5 Å². The third-order valence-corrected chi connectivity index (χ3v) is 4.52. The molecule has 3 rings (SSSR count). The molecule has 110 valence electrons. The Morgan fingerprint density at radius 3 is 2.45 bits per heavy atom. The van der Waals surface area contributed by atoms with Crippen molar-refractivity contribution in [3.8, 4) is 0 Å². The molecule has 22 heavy (non-hydrogen) atoms. The van der Waals surface area contributed by atoms with Crippen LogP contribution in [0.15, 0.2) is 62.9 Å². The van der Waals surface area contributed by atoms with Gasteiger partial charge in [-0.2, -0.15) is 0 Å². The van der Waals surface area contributed by atoms with Gasteiger partial charge in [-0.25, -0.2) is 4.99 Å². The molecule has 1 heterocycles. The fourth-order valence-electron chi connectivity index (χ4n) is 1.93. The van der Waals surface area contributed by atoms with E-state index in [4.69, 9.17) is 0 Å². The smallest absolute Gasteiger partial charge is 0.264 e. The number of hydrogen-bond donors (Lipinski definition) is 1. The molecule has 0 bridgehead atoms. The van der Waals surface area contributed by atoms with Gasteiger partial charge in [-0.1, -0.05) is 45.8 Å². The Bertz CT molecular complexity index is 764. The predicted octanol–water partition coefficient (Wildman–Crippen LogP) is 4.65. The number of halogens is 1. The van der Waals surface area contributed by atoms with Crippen LogP contribution in [0.25, 0.3) is 6.08 Å². The summed E-state index contributed by atoms with van der Waals surface area (Å²) in [4.78, 5) is 17.1. The molecule has 1 aliphatic rings. The minimum Gasteiger partial charge on any atom is -0.300 e. The van der Waals surface area contributed by atoms with E-state index < -0.39 is 0 Å². The first-order chi connectivity index (χ1) is 10.6. The minimum atomic E-state index is -0.110. The molecule has 0 unspecified atom stereocenters. The largest absolute Gasteiger partial charge is 0.300 e. The lowest BCUT2D eigenvalue weighted by Crippen LogP contribution is -2.19. The van der Waals surface area contributed by atoms with Crippen molar-refractivity contribution < 1.29 is 4.79 Å². The Morgan fingerprint density at radius 2 is 1.77 bits per heavy atom. The van der Waals surface area contributed by atoms with Crippen molar-refractivity contribution in [2.75, 3.05) is 0 Å². The van der Waals surface area contributed by atoms with Gasteiger partial charge in [-0.05, 0) is 54.6 Å². The maximum absolute atomic E-state index is 12.0. The highest BCUT2D eigenvalue weighted by atomic mass is 79.9. The number of amidine groups is 1. The first-order valence-electron chi connectivity index (χ1n) is 6.72. The molecule has 2 aromatic rings. The number of nitrogens with one attached hydrogen (secondary N) is 1. The number of nitrogens with zero attached hydrogens (tertiary/aromatic N) is 1. The molecule has 0 saturated carbocycles. The number of aliphatic imine (C=N–C) groups is 1. The van der Waals surface area contributed by atoms with Crippen molar-refractivity contribution >= 4 is 50.5 Å². The SMILES string of the molecule is Cc1ccc(/C=C2\SC(=Nc3ccc(Br)cc3)NC2=O)cc1. The second kappa shape index (κ2) is 6.50. The molecule has 1 N–H and O–H groups in total. The molecule has 1 aliphatic heterocycles. The molecule has 1 saturated heterocycles. The summed E-state index contributed by atoms with van der Waals surface area (Å²) >= 11 is 4.74. The highest BCUT2D eigenvalue weighted by Crippen LogP contribution is 2.28. The van der Waals surface area contributed by atoms with Gasteiger partial charge in [0.25, 0.3) is 5.91 Å². The molecule has 0 atom stereocenters. The summed E-state index contributed by atoms with van der Waals surface area (Å²) in [7, 11) is 0. The van der Waals surface area contributed by atoms with Crippen LogP contribution in [0.5, 0.6) is 0 Å². The number of carbonyl (C=O) groups excluding carboxylic acids is 1. The molecule has 5 heteroatoms. The van der Waals surface area contributed by atoms with Gasteiger partial charge in [-0.15, -0.1) is 0 Å². The lowest BCUT2D eigenvalue weighted by molar-refractivity contribution is -0.115. The summed E-state index contributed by atoms with van der Waals surface area (Å²) in [6.07, 6.45) is 1.88. The van der Waals surface area contributed by atoms with Crippen molar-refractivity contribution in [1.82, 2.24) is 5.32 Å². The molecule has 1 amide bonds. The molecule has 0 aliphatic carbocycles. The third kappa shape index (κ3) is 3.67. The molecule has 3 nitrogen and oxygen atoms in total. The van der Waals surface area contributed by atoms with Gasteiger partial charge in [0.05, 0.1) is 10.6 Å². The first kappa shape index (κ1) is 15.1. The molecular formula is C17H13BrN2OS. The Kier molecular flexibility index (Phi) is 4.45. The molecular weight excluding hydrogens is 360 g/mol. The monoisotopic (exact) mass is 372 g/mol. The third-order valence-electron chi connectivity index (χ3n) is 3.08. The summed E-state index contributed by atoms with van der Waals surface area (Å²) in [6.45, 7) is 2.04. The van der Waals surface area contributed by atoms with Gasteiger partial charge >= 0.3 is 0 Å². The van der Waals surface area contributed by atoms with Crippen LogP contribution in [-0.2, 0) is 4.79 Å². The van der Waals surface area contributed by atoms with Crippen LogP contribution in [0.2, 0.25) is 0 Å². The van der Waals surface area contributed by atoms with Crippen LogP contribution in [-0.4, -0.2) is 11.1 Å². The van der Waals surface area contributed by atoms with Crippen molar-refractivity contribution in [3.63, 3.8) is 0 Å². The number of aryl methyl sites for hydroxylation is 1. The van der Waals surface area contributed by atoms with Crippen molar-refractivity contribution in [2.24, 2.45) is 4.99 Å². The topological polar surface area (TPSA) is 41.5 Å². The number of hydrogen-bond acceptors (Lipinski definition) is 3. The zero-order valence-electron chi connectivity index (χ0n) is 11.8. The van der Waals surface area contributed by atoms with E-state index in [2.05, 4.69) is 26.2 Å². The minimum absolute atomic E-state index is 0.110. The van der Waals surface area contributed by atoms with Gasteiger partial charge in [0.2, 0.25) is 0 Å². The van der Waals surface area contributed by atoms with Crippen LogP contribution in [0.4, 0.5) is 5.69 Å². The summed E-state index contributed by atoms with van der Waals surface area (Å²) < 4.78 is 1.000. The van der Waals surface area contributed by atoms with E-state index in [0.29, 0.717) is 10.1 Å². The molecule has 0 radical (unpaired) electrons. The fraction of sp³-hybridized carbons (Fsp3) is 0.0588. The van der Waals surface area contributed by atoms with E-state index in [-0.39, 0.29) is 5.91 Å². The normalized spacial score (nSPS) is 18.0. The van der Waals surface area contributed by atoms with E-state index in [1.165, 1.54) is 17.3 Å². The number of benzene rings is 2. The van der Waals surface area contributed by atoms with Crippen LogP contribution in [0, 0.1) is 6.92 Å². The molecule has 1 fully saturated rings. The zero-order valence-corrected chi connectivity index (χ0v) is 14.2. The maximum Gasteiger partial charge on any atom is 0.264 e. The average Bonchev–Trinajstić information content (AvgIpc) is 2.84. The van der Waals surface area contributed by atoms with Crippen LogP contribution < -0.4 is 5.32 Å². The number of rotatable bonds is 2. The summed E-state index contributed by atoms with van der Waals surface area (Å²) in [5.74, 6) is -0.110. The Labute approximate surface area is 141 Å². The Morgan fingerprint density at radius 1 is 1.09 bits per heavy atom. The van der Waals surface area contributed by atoms with E-state index >= 15 is 0 Å². The molecule has 0 aromatic heterocycles. The van der Waals surface area contributed by atoms with Gasteiger partial charge in [0.1, 0.15) is 0 Å². The average molecular weight is 373 g/mol. The Balaban J connectivity index is 1.80. The molecule has 0 spiro atoms. The predicted molar refractivity (Wildman–Crippen MR) is 96.1 cm³/mol. The first-order valence-corrected chi connectivity index (χ1v) is 8.33. The second-order valence-electron chi connectivity index (χ2n) is 4.87. The van der Waals surface area contributed by atoms with Gasteiger partial charge in [-0.3, -0.25) is 4.79 Å². The van der Waals surface area contributed by atoms with Crippen LogP contribution >= 0.6 is 27.7 Å². The highest BCUT2D eigenvalue weighted by molar-refractivity contribution is 9.10. The summed E-state index contributed by atoms with van der Waals surface area (Å²) in [5.41, 5.74) is 3.01. The Hall–Kier alpha value is -1.85. The van der Waals surface area contributed by atoms with Crippen molar-refractivity contribution in [1.29, 1.82) is 0 Å². The number of amides is 1. The lowest BCUT2D eigenvalue weighted by atomic mass is 10.1. The van der Waals surface area contributed by atoms with E-state index in [9.17, 15) is 4.79 Å².